The first-order valence-electron chi connectivity index (χ1n) is 8.84. The van der Waals surface area contributed by atoms with Gasteiger partial charge in [-0.25, -0.2) is 9.97 Å². The molecule has 8 heteroatoms. The van der Waals surface area contributed by atoms with Gasteiger partial charge in [-0.2, -0.15) is 5.10 Å². The van der Waals surface area contributed by atoms with E-state index in [4.69, 9.17) is 9.47 Å². The van der Waals surface area contributed by atoms with Gasteiger partial charge < -0.3 is 14.4 Å². The number of nitrogens with zero attached hydrogens (tertiary/aromatic N) is 4. The zero-order valence-corrected chi connectivity index (χ0v) is 17.0. The molecule has 3 heterocycles. The number of anilines is 2. The van der Waals surface area contributed by atoms with Crippen molar-refractivity contribution in [3.63, 3.8) is 0 Å². The fourth-order valence-corrected chi connectivity index (χ4v) is 3.80. The first-order chi connectivity index (χ1) is 13.8. The molecule has 140 valence electrons. The third-order valence-electron chi connectivity index (χ3n) is 4.55. The van der Waals surface area contributed by atoms with Crippen molar-refractivity contribution in [1.29, 1.82) is 0 Å². The number of hydrogen-bond acceptors (Lipinski definition) is 6. The van der Waals surface area contributed by atoms with E-state index in [1.54, 1.807) is 12.5 Å². The van der Waals surface area contributed by atoms with Crippen molar-refractivity contribution in [3.8, 4) is 11.5 Å². The van der Waals surface area contributed by atoms with Gasteiger partial charge in [0, 0.05) is 15.8 Å². The highest BCUT2D eigenvalue weighted by Gasteiger charge is 2.18. The highest BCUT2D eigenvalue weighted by atomic mass is 127. The molecule has 0 fully saturated rings. The summed E-state index contributed by atoms with van der Waals surface area (Å²) < 4.78 is 12.5. The summed E-state index contributed by atoms with van der Waals surface area (Å²) in [7, 11) is 0. The summed E-state index contributed by atoms with van der Waals surface area (Å²) in [5, 5.41) is 7.92. The third kappa shape index (κ3) is 3.24. The fraction of sp³-hybridized carbons (Fsp3) is 0.150. The molecule has 1 aliphatic rings. The molecule has 1 N–H and O–H groups in total. The number of H-pyrrole nitrogens is 1. The molecule has 0 radical (unpaired) electrons. The molecule has 2 aromatic carbocycles. The van der Waals surface area contributed by atoms with Crippen molar-refractivity contribution < 1.29 is 9.47 Å². The summed E-state index contributed by atoms with van der Waals surface area (Å²) in [6.45, 7) is 1.77. The fourth-order valence-electron chi connectivity index (χ4n) is 3.27. The van der Waals surface area contributed by atoms with E-state index < -0.39 is 0 Å². The summed E-state index contributed by atoms with van der Waals surface area (Å²) in [4.78, 5) is 11.0. The Morgan fingerprint density at radius 3 is 2.82 bits per heavy atom. The first-order valence-corrected chi connectivity index (χ1v) is 9.91. The van der Waals surface area contributed by atoms with Crippen LogP contribution in [0.5, 0.6) is 11.5 Å². The Balaban J connectivity index is 1.59. The minimum Gasteiger partial charge on any atom is -0.486 e. The minimum atomic E-state index is 0.568. The van der Waals surface area contributed by atoms with Gasteiger partial charge in [0.15, 0.2) is 17.1 Å². The van der Waals surface area contributed by atoms with E-state index in [1.165, 1.54) is 0 Å². The maximum atomic E-state index is 5.75. The van der Waals surface area contributed by atoms with E-state index in [9.17, 15) is 0 Å². The third-order valence-corrected chi connectivity index (χ3v) is 5.22. The van der Waals surface area contributed by atoms with Gasteiger partial charge >= 0.3 is 0 Å². The molecule has 2 aromatic heterocycles. The molecule has 0 atom stereocenters. The lowest BCUT2D eigenvalue weighted by atomic mass is 10.1. The molecular formula is C20H16IN5O2. The highest BCUT2D eigenvalue weighted by molar-refractivity contribution is 14.1. The second kappa shape index (κ2) is 7.27. The summed E-state index contributed by atoms with van der Waals surface area (Å²) in [6.07, 6.45) is 3.32. The molecule has 0 saturated carbocycles. The van der Waals surface area contributed by atoms with Crippen LogP contribution >= 0.6 is 22.6 Å². The van der Waals surface area contributed by atoms with Crippen LogP contribution in [0.1, 0.15) is 5.56 Å². The molecule has 5 rings (SSSR count). The lowest BCUT2D eigenvalue weighted by molar-refractivity contribution is 0.171. The Morgan fingerprint density at radius 2 is 1.93 bits per heavy atom. The number of nitrogens with one attached hydrogen (secondary N) is 1. The van der Waals surface area contributed by atoms with E-state index in [2.05, 4.69) is 71.9 Å². The lowest BCUT2D eigenvalue weighted by Crippen LogP contribution is -2.19. The summed E-state index contributed by atoms with van der Waals surface area (Å²) in [6, 6.07) is 14.4. The number of ether oxygens (including phenoxy) is 2. The normalized spacial score (nSPS) is 12.9. The Morgan fingerprint density at radius 1 is 1.04 bits per heavy atom. The summed E-state index contributed by atoms with van der Waals surface area (Å²) in [5.41, 5.74) is 2.85. The highest BCUT2D eigenvalue weighted by Crippen LogP contribution is 2.34. The second-order valence-electron chi connectivity index (χ2n) is 6.37. The first kappa shape index (κ1) is 17.2. The van der Waals surface area contributed by atoms with Crippen LogP contribution in [-0.2, 0) is 6.54 Å². The van der Waals surface area contributed by atoms with E-state index in [0.29, 0.717) is 25.4 Å². The smallest absolute Gasteiger partial charge is 0.161 e. The van der Waals surface area contributed by atoms with Crippen LogP contribution < -0.4 is 14.4 Å². The van der Waals surface area contributed by atoms with E-state index in [0.717, 1.165) is 37.5 Å². The van der Waals surface area contributed by atoms with Crippen molar-refractivity contribution in [2.45, 2.75) is 6.54 Å². The maximum absolute atomic E-state index is 5.75. The summed E-state index contributed by atoms with van der Waals surface area (Å²) in [5.74, 6) is 2.37. The van der Waals surface area contributed by atoms with Crippen molar-refractivity contribution >= 4 is 45.1 Å². The average Bonchev–Trinajstić information content (AvgIpc) is 3.21. The van der Waals surface area contributed by atoms with Gasteiger partial charge in [-0.15, -0.1) is 0 Å². The number of halogens is 1. The van der Waals surface area contributed by atoms with Gasteiger partial charge in [0.1, 0.15) is 25.4 Å². The predicted molar refractivity (Wildman–Crippen MR) is 114 cm³/mol. The number of rotatable bonds is 4. The number of fused-ring (bicyclic) bond motifs is 2. The minimum absolute atomic E-state index is 0.568. The Bertz CT molecular complexity index is 1150. The number of aromatic amines is 1. The molecule has 0 unspecified atom stereocenters. The maximum Gasteiger partial charge on any atom is 0.161 e. The number of benzene rings is 2. The van der Waals surface area contributed by atoms with Gasteiger partial charge in [-0.1, -0.05) is 12.1 Å². The second-order valence-corrected chi connectivity index (χ2v) is 7.62. The standard InChI is InChI=1S/C20H16IN5O2/c21-14-2-1-3-15(9-14)26(20-16-10-24-25-19(16)22-12-23-20)11-13-4-5-17-18(8-13)28-7-6-27-17/h1-5,8-10,12H,6-7,11H2,(H,22,23,24,25). The van der Waals surface area contributed by atoms with Gasteiger partial charge in [0.2, 0.25) is 0 Å². The van der Waals surface area contributed by atoms with Crippen molar-refractivity contribution in [2.24, 2.45) is 0 Å². The largest absolute Gasteiger partial charge is 0.486 e. The molecule has 0 amide bonds. The molecule has 0 bridgehead atoms. The van der Waals surface area contributed by atoms with Crippen LogP contribution in [-0.4, -0.2) is 33.4 Å². The Kier molecular flexibility index (Phi) is 4.47. The molecule has 0 spiro atoms. The number of hydrogen-bond donors (Lipinski definition) is 1. The van der Waals surface area contributed by atoms with Gasteiger partial charge in [-0.05, 0) is 58.5 Å². The molecule has 28 heavy (non-hydrogen) atoms. The van der Waals surface area contributed by atoms with E-state index in [1.807, 2.05) is 18.2 Å². The Hall–Kier alpha value is -2.88. The molecule has 1 aliphatic heterocycles. The van der Waals surface area contributed by atoms with Crippen LogP contribution in [0.4, 0.5) is 11.5 Å². The average molecular weight is 485 g/mol. The zero-order valence-electron chi connectivity index (χ0n) is 14.8. The molecule has 7 nitrogen and oxygen atoms in total. The SMILES string of the molecule is Ic1cccc(N(Cc2ccc3c(c2)OCCO3)c2ncnc3[nH]ncc23)c1. The zero-order chi connectivity index (χ0) is 18.9. The number of aromatic nitrogens is 4. The van der Waals surface area contributed by atoms with Crippen LogP contribution in [0.15, 0.2) is 55.0 Å². The van der Waals surface area contributed by atoms with Crippen LogP contribution in [0, 0.1) is 3.57 Å². The van der Waals surface area contributed by atoms with Crippen molar-refractivity contribution in [2.75, 3.05) is 18.1 Å². The van der Waals surface area contributed by atoms with Gasteiger partial charge in [-0.3, -0.25) is 5.10 Å². The molecule has 0 saturated heterocycles. The van der Waals surface area contributed by atoms with Crippen molar-refractivity contribution in [1.82, 2.24) is 20.2 Å². The molecule has 4 aromatic rings. The Labute approximate surface area is 174 Å². The molecule has 0 aliphatic carbocycles. The molecular weight excluding hydrogens is 469 g/mol. The van der Waals surface area contributed by atoms with Crippen LogP contribution in [0.25, 0.3) is 11.0 Å². The van der Waals surface area contributed by atoms with Crippen molar-refractivity contribution in [3.05, 3.63) is 64.1 Å². The monoisotopic (exact) mass is 485 g/mol. The quantitative estimate of drug-likeness (QED) is 0.440. The van der Waals surface area contributed by atoms with E-state index in [-0.39, 0.29) is 0 Å². The predicted octanol–water partition coefficient (Wildman–Crippen LogP) is 4.07. The topological polar surface area (TPSA) is 76.2 Å². The van der Waals surface area contributed by atoms with Gasteiger partial charge in [0.05, 0.1) is 11.6 Å². The van der Waals surface area contributed by atoms with Crippen LogP contribution in [0.2, 0.25) is 0 Å². The van der Waals surface area contributed by atoms with Gasteiger partial charge in [0.25, 0.3) is 0 Å². The van der Waals surface area contributed by atoms with E-state index >= 15 is 0 Å². The summed E-state index contributed by atoms with van der Waals surface area (Å²) >= 11 is 2.32. The van der Waals surface area contributed by atoms with Crippen LogP contribution in [0.3, 0.4) is 0 Å². The lowest BCUT2D eigenvalue weighted by Gasteiger charge is -2.26.